The van der Waals surface area contributed by atoms with E-state index in [4.69, 9.17) is 27.6 Å². The lowest BCUT2D eigenvalue weighted by atomic mass is 10.2. The molecule has 1 nitrogen and oxygen atoms in total. The van der Waals surface area contributed by atoms with Crippen molar-refractivity contribution in [3.8, 4) is 0 Å². The normalized spacial score (nSPS) is 9.90. The standard InChI is InChI=1S/C6H13BCl2O/c1-2-3-4-5-6-10-7(8)9/h2-6H2,1H3. The molecule has 0 spiro atoms. The zero-order valence-electron chi connectivity index (χ0n) is 6.28. The summed E-state index contributed by atoms with van der Waals surface area (Å²) in [5.74, 6) is -0.651. The van der Waals surface area contributed by atoms with Crippen molar-refractivity contribution in [2.45, 2.75) is 32.6 Å². The van der Waals surface area contributed by atoms with E-state index >= 15 is 0 Å². The second-order valence-corrected chi connectivity index (χ2v) is 3.21. The molecule has 0 radical (unpaired) electrons. The summed E-state index contributed by atoms with van der Waals surface area (Å²) in [6.45, 7) is 2.85. The third-order valence-corrected chi connectivity index (χ3v) is 1.49. The second-order valence-electron chi connectivity index (χ2n) is 2.19. The van der Waals surface area contributed by atoms with Crippen LogP contribution in [-0.4, -0.2) is 12.4 Å². The Morgan fingerprint density at radius 2 is 1.90 bits per heavy atom. The average Bonchev–Trinajstić information content (AvgIpc) is 1.87. The smallest absolute Gasteiger partial charge is 0.409 e. The largest absolute Gasteiger partial charge is 0.508 e. The third kappa shape index (κ3) is 8.60. The van der Waals surface area contributed by atoms with Crippen molar-refractivity contribution in [3.63, 3.8) is 0 Å². The number of rotatable bonds is 6. The highest BCUT2D eigenvalue weighted by Crippen LogP contribution is 2.02. The van der Waals surface area contributed by atoms with Crippen molar-refractivity contribution in [1.82, 2.24) is 0 Å². The van der Waals surface area contributed by atoms with E-state index in [-0.39, 0.29) is 0 Å². The number of halogens is 2. The van der Waals surface area contributed by atoms with Crippen molar-refractivity contribution in [1.29, 1.82) is 0 Å². The van der Waals surface area contributed by atoms with E-state index in [1.54, 1.807) is 0 Å². The number of unbranched alkanes of at least 4 members (excludes halogenated alkanes) is 3. The minimum atomic E-state index is -0.651. The fourth-order valence-corrected chi connectivity index (χ4v) is 0.879. The Kier molecular flexibility index (Phi) is 8.18. The summed E-state index contributed by atoms with van der Waals surface area (Å²) in [4.78, 5) is 0. The minimum absolute atomic E-state index is 0.651. The maximum absolute atomic E-state index is 5.33. The molecule has 0 aliphatic rings. The van der Waals surface area contributed by atoms with Gasteiger partial charge in [0, 0.05) is 6.61 Å². The van der Waals surface area contributed by atoms with Crippen LogP contribution in [0, 0.1) is 0 Å². The molecule has 60 valence electrons. The zero-order valence-corrected chi connectivity index (χ0v) is 7.79. The third-order valence-electron chi connectivity index (χ3n) is 1.24. The van der Waals surface area contributed by atoms with Crippen molar-refractivity contribution in [2.24, 2.45) is 0 Å². The van der Waals surface area contributed by atoms with Gasteiger partial charge in [0.25, 0.3) is 0 Å². The fraction of sp³-hybridized carbons (Fsp3) is 1.00. The second kappa shape index (κ2) is 7.71. The van der Waals surface area contributed by atoms with Crippen LogP contribution in [0.1, 0.15) is 32.6 Å². The Balaban J connectivity index is 2.77. The number of hydrogen-bond donors (Lipinski definition) is 0. The molecule has 0 saturated heterocycles. The molecule has 0 aromatic rings. The first kappa shape index (κ1) is 10.6. The Morgan fingerprint density at radius 1 is 1.20 bits per heavy atom. The molecule has 0 aromatic carbocycles. The molecule has 0 amide bonds. The monoisotopic (exact) mass is 182 g/mol. The van der Waals surface area contributed by atoms with Crippen LogP contribution in [-0.2, 0) is 4.65 Å². The van der Waals surface area contributed by atoms with Crippen molar-refractivity contribution >= 4 is 28.7 Å². The van der Waals surface area contributed by atoms with E-state index in [9.17, 15) is 0 Å². The van der Waals surface area contributed by atoms with Crippen LogP contribution in [0.15, 0.2) is 0 Å². The SMILES string of the molecule is CCCCCCOB(Cl)Cl. The maximum atomic E-state index is 5.33. The summed E-state index contributed by atoms with van der Waals surface area (Å²) < 4.78 is 4.92. The summed E-state index contributed by atoms with van der Waals surface area (Å²) in [6, 6.07) is 0. The summed E-state index contributed by atoms with van der Waals surface area (Å²) in [5.41, 5.74) is 0. The lowest BCUT2D eigenvalue weighted by molar-refractivity contribution is 0.325. The maximum Gasteiger partial charge on any atom is 0.508 e. The Bertz CT molecular complexity index is 70.8. The lowest BCUT2D eigenvalue weighted by Gasteiger charge is -2.00. The Hall–Kier alpha value is 0.605. The van der Waals surface area contributed by atoms with Gasteiger partial charge in [0.05, 0.1) is 0 Å². The van der Waals surface area contributed by atoms with E-state index in [0.29, 0.717) is 6.61 Å². The molecule has 0 atom stereocenters. The molecule has 0 unspecified atom stereocenters. The van der Waals surface area contributed by atoms with E-state index in [0.717, 1.165) is 6.42 Å². The molecule has 0 aliphatic heterocycles. The molecular formula is C6H13BCl2O. The van der Waals surface area contributed by atoms with E-state index in [1.807, 2.05) is 0 Å². The predicted octanol–water partition coefficient (Wildman–Crippen LogP) is 3.05. The first-order chi connectivity index (χ1) is 4.77. The van der Waals surface area contributed by atoms with Crippen LogP contribution < -0.4 is 0 Å². The number of hydrogen-bond acceptors (Lipinski definition) is 1. The molecule has 0 N–H and O–H groups in total. The topological polar surface area (TPSA) is 9.23 Å². The van der Waals surface area contributed by atoms with Gasteiger partial charge < -0.3 is 4.65 Å². The molecule has 0 fully saturated rings. The van der Waals surface area contributed by atoms with Gasteiger partial charge in [-0.3, -0.25) is 0 Å². The first-order valence-corrected chi connectivity index (χ1v) is 4.54. The van der Waals surface area contributed by atoms with Crippen molar-refractivity contribution in [2.75, 3.05) is 6.61 Å². The molecule has 0 bridgehead atoms. The summed E-state index contributed by atoms with van der Waals surface area (Å²) in [5, 5.41) is 0. The van der Waals surface area contributed by atoms with Crippen LogP contribution in [0.25, 0.3) is 0 Å². The summed E-state index contributed by atoms with van der Waals surface area (Å²) in [6.07, 6.45) is 4.77. The van der Waals surface area contributed by atoms with Gasteiger partial charge in [-0.15, -0.1) is 22.9 Å². The van der Waals surface area contributed by atoms with Crippen LogP contribution in [0.2, 0.25) is 0 Å². The predicted molar refractivity (Wildman–Crippen MR) is 47.6 cm³/mol. The Labute approximate surface area is 73.0 Å². The molecule has 0 saturated carbocycles. The van der Waals surface area contributed by atoms with Gasteiger partial charge in [-0.2, -0.15) is 0 Å². The van der Waals surface area contributed by atoms with Gasteiger partial charge in [0.15, 0.2) is 0 Å². The van der Waals surface area contributed by atoms with Gasteiger partial charge in [0.1, 0.15) is 0 Å². The van der Waals surface area contributed by atoms with E-state index < -0.39 is 5.75 Å². The van der Waals surface area contributed by atoms with Crippen molar-refractivity contribution < 1.29 is 4.65 Å². The average molecular weight is 183 g/mol. The molecule has 0 aliphatic carbocycles. The van der Waals surface area contributed by atoms with Crippen molar-refractivity contribution in [3.05, 3.63) is 0 Å². The fourth-order valence-electron chi connectivity index (χ4n) is 0.701. The first-order valence-electron chi connectivity index (χ1n) is 3.67. The molecule has 0 heterocycles. The quantitative estimate of drug-likeness (QED) is 0.454. The van der Waals surface area contributed by atoms with E-state index in [2.05, 4.69) is 6.92 Å². The van der Waals surface area contributed by atoms with Gasteiger partial charge in [-0.05, 0) is 6.42 Å². The van der Waals surface area contributed by atoms with Crippen LogP contribution in [0.3, 0.4) is 0 Å². The lowest BCUT2D eigenvalue weighted by Crippen LogP contribution is -2.03. The molecule has 0 aromatic heterocycles. The highest BCUT2D eigenvalue weighted by Gasteiger charge is 2.04. The molecule has 4 heteroatoms. The van der Waals surface area contributed by atoms with E-state index in [1.165, 1.54) is 19.3 Å². The molecule has 0 rings (SSSR count). The van der Waals surface area contributed by atoms with Gasteiger partial charge in [-0.25, -0.2) is 0 Å². The van der Waals surface area contributed by atoms with Crippen LogP contribution in [0.5, 0.6) is 0 Å². The zero-order chi connectivity index (χ0) is 7.82. The molecular weight excluding hydrogens is 170 g/mol. The van der Waals surface area contributed by atoms with Gasteiger partial charge in [-0.1, -0.05) is 26.2 Å². The summed E-state index contributed by atoms with van der Waals surface area (Å²) in [7, 11) is 0. The van der Waals surface area contributed by atoms with Crippen LogP contribution in [0.4, 0.5) is 0 Å². The highest BCUT2D eigenvalue weighted by molar-refractivity contribution is 7.30. The van der Waals surface area contributed by atoms with Gasteiger partial charge >= 0.3 is 5.75 Å². The van der Waals surface area contributed by atoms with Crippen LogP contribution >= 0.6 is 22.9 Å². The molecule has 10 heavy (non-hydrogen) atoms. The Morgan fingerprint density at radius 3 is 2.40 bits per heavy atom. The highest BCUT2D eigenvalue weighted by atomic mass is 35.5. The summed E-state index contributed by atoms with van der Waals surface area (Å²) >= 11 is 10.7. The minimum Gasteiger partial charge on any atom is -0.409 e. The van der Waals surface area contributed by atoms with Gasteiger partial charge in [0.2, 0.25) is 0 Å².